The fourth-order valence-corrected chi connectivity index (χ4v) is 4.03. The summed E-state index contributed by atoms with van der Waals surface area (Å²) in [5.74, 6) is 0.891. The number of hydrogen-bond donors (Lipinski definition) is 1. The van der Waals surface area contributed by atoms with Gasteiger partial charge >= 0.3 is 5.69 Å². The number of fused-ring (bicyclic) bond motifs is 1. The summed E-state index contributed by atoms with van der Waals surface area (Å²) >= 11 is 0. The highest BCUT2D eigenvalue weighted by Gasteiger charge is 2.29. The molecule has 1 aliphatic heterocycles. The van der Waals surface area contributed by atoms with Crippen LogP contribution in [0.1, 0.15) is 25.6 Å². The summed E-state index contributed by atoms with van der Waals surface area (Å²) in [5.41, 5.74) is -0.519. The molecule has 1 atom stereocenters. The van der Waals surface area contributed by atoms with Crippen molar-refractivity contribution in [1.82, 2.24) is 24.0 Å². The van der Waals surface area contributed by atoms with Gasteiger partial charge in [-0.2, -0.15) is 0 Å². The number of benzene rings is 1. The Bertz CT molecular complexity index is 1130. The summed E-state index contributed by atoms with van der Waals surface area (Å²) in [4.78, 5) is 45.9. The highest BCUT2D eigenvalue weighted by atomic mass is 16.2. The maximum Gasteiger partial charge on any atom is 0.329 e. The molecule has 8 nitrogen and oxygen atoms in total. The molecule has 0 unspecified atom stereocenters. The van der Waals surface area contributed by atoms with Crippen molar-refractivity contribution in [2.24, 2.45) is 0 Å². The van der Waals surface area contributed by atoms with Gasteiger partial charge in [0.05, 0.1) is 10.9 Å². The first-order chi connectivity index (χ1) is 13.6. The monoisotopic (exact) mass is 381 g/mol. The van der Waals surface area contributed by atoms with Crippen molar-refractivity contribution >= 4 is 16.8 Å². The molecule has 0 saturated carbocycles. The van der Waals surface area contributed by atoms with Crippen LogP contribution in [0.2, 0.25) is 0 Å². The number of nitrogens with zero attached hydrogens (tertiary/aromatic N) is 4. The van der Waals surface area contributed by atoms with E-state index in [9.17, 15) is 14.4 Å². The summed E-state index contributed by atoms with van der Waals surface area (Å²) in [5, 5.41) is 0.402. The van der Waals surface area contributed by atoms with E-state index in [1.807, 2.05) is 11.1 Å². The summed E-state index contributed by atoms with van der Waals surface area (Å²) < 4.78 is 3.45. The lowest BCUT2D eigenvalue weighted by atomic mass is 10.2. The minimum atomic E-state index is -0.560. The van der Waals surface area contributed by atoms with Crippen LogP contribution in [0.15, 0.2) is 46.2 Å². The van der Waals surface area contributed by atoms with E-state index < -0.39 is 11.2 Å². The van der Waals surface area contributed by atoms with E-state index in [4.69, 9.17) is 0 Å². The Hall–Kier alpha value is -3.16. The second-order valence-corrected chi connectivity index (χ2v) is 7.10. The van der Waals surface area contributed by atoms with Crippen LogP contribution in [-0.2, 0) is 24.3 Å². The molecular weight excluding hydrogens is 358 g/mol. The Labute approximate surface area is 161 Å². The molecular formula is C20H23N5O3. The molecule has 4 rings (SSSR count). The van der Waals surface area contributed by atoms with Crippen molar-refractivity contribution in [2.75, 3.05) is 6.54 Å². The smallest absolute Gasteiger partial charge is 0.329 e. The van der Waals surface area contributed by atoms with Crippen LogP contribution in [-0.4, -0.2) is 42.5 Å². The zero-order chi connectivity index (χ0) is 19.7. The number of likely N-dealkylation sites (tertiary alicyclic amines) is 1. The van der Waals surface area contributed by atoms with Crippen LogP contribution in [0, 0.1) is 0 Å². The van der Waals surface area contributed by atoms with Crippen LogP contribution in [0.4, 0.5) is 0 Å². The number of aromatic amines is 1. The van der Waals surface area contributed by atoms with Crippen molar-refractivity contribution in [2.45, 2.75) is 45.3 Å². The molecule has 3 aromatic rings. The largest absolute Gasteiger partial charge is 0.336 e. The number of hydrogen-bond acceptors (Lipinski definition) is 4. The van der Waals surface area contributed by atoms with Gasteiger partial charge in [0.2, 0.25) is 5.91 Å². The van der Waals surface area contributed by atoms with Crippen LogP contribution >= 0.6 is 0 Å². The third-order valence-corrected chi connectivity index (χ3v) is 5.42. The number of carbonyl (C=O) groups is 1. The van der Waals surface area contributed by atoms with Crippen molar-refractivity contribution in [3.05, 3.63) is 63.3 Å². The number of carbonyl (C=O) groups excluding carboxylic acids is 1. The first kappa shape index (κ1) is 18.2. The van der Waals surface area contributed by atoms with Gasteiger partial charge in [-0.15, -0.1) is 0 Å². The average Bonchev–Trinajstić information content (AvgIpc) is 3.34. The summed E-state index contributed by atoms with van der Waals surface area (Å²) in [6, 6.07) is 6.92. The molecule has 28 heavy (non-hydrogen) atoms. The molecule has 0 aliphatic carbocycles. The van der Waals surface area contributed by atoms with Gasteiger partial charge in [-0.25, -0.2) is 9.78 Å². The third kappa shape index (κ3) is 3.26. The van der Waals surface area contributed by atoms with Crippen LogP contribution < -0.4 is 11.2 Å². The van der Waals surface area contributed by atoms with Gasteiger partial charge in [0, 0.05) is 37.9 Å². The molecule has 1 N–H and O–H groups in total. The van der Waals surface area contributed by atoms with E-state index in [0.29, 0.717) is 24.0 Å². The van der Waals surface area contributed by atoms with Gasteiger partial charge in [0.25, 0.3) is 5.56 Å². The van der Waals surface area contributed by atoms with Crippen LogP contribution in [0.3, 0.4) is 0 Å². The van der Waals surface area contributed by atoms with E-state index >= 15 is 0 Å². The first-order valence-electron chi connectivity index (χ1n) is 9.60. The molecule has 1 aliphatic rings. The number of H-pyrrole nitrogens is 1. The summed E-state index contributed by atoms with van der Waals surface area (Å²) in [6.07, 6.45) is 6.43. The minimum Gasteiger partial charge on any atom is -0.336 e. The van der Waals surface area contributed by atoms with Gasteiger partial charge < -0.3 is 9.47 Å². The molecule has 8 heteroatoms. The lowest BCUT2D eigenvalue weighted by Gasteiger charge is -2.26. The topological polar surface area (TPSA) is 93.0 Å². The number of nitrogens with one attached hydrogen (secondary N) is 1. The van der Waals surface area contributed by atoms with Crippen molar-refractivity contribution in [3.63, 3.8) is 0 Å². The molecule has 1 saturated heterocycles. The Morgan fingerprint density at radius 3 is 2.93 bits per heavy atom. The molecule has 2 aromatic heterocycles. The average molecular weight is 381 g/mol. The van der Waals surface area contributed by atoms with E-state index in [1.54, 1.807) is 30.5 Å². The molecule has 1 amide bonds. The van der Waals surface area contributed by atoms with E-state index in [1.165, 1.54) is 4.57 Å². The SMILES string of the molecule is CCc1nccn1C[C@H]1CCCN1C(=O)Cn1c(=O)[nH]c(=O)c2ccccc21. The van der Waals surface area contributed by atoms with Crippen LogP contribution in [0.5, 0.6) is 0 Å². The number of amides is 1. The Kier molecular flexibility index (Phi) is 4.85. The van der Waals surface area contributed by atoms with E-state index in [0.717, 1.165) is 25.1 Å². The quantitative estimate of drug-likeness (QED) is 0.717. The summed E-state index contributed by atoms with van der Waals surface area (Å²) in [6.45, 7) is 3.35. The van der Waals surface area contributed by atoms with Gasteiger partial charge in [0.1, 0.15) is 12.4 Å². The first-order valence-corrected chi connectivity index (χ1v) is 9.60. The lowest BCUT2D eigenvalue weighted by Crippen LogP contribution is -2.42. The lowest BCUT2D eigenvalue weighted by molar-refractivity contribution is -0.132. The number of aromatic nitrogens is 4. The third-order valence-electron chi connectivity index (χ3n) is 5.42. The van der Waals surface area contributed by atoms with Crippen molar-refractivity contribution < 1.29 is 4.79 Å². The fraction of sp³-hybridized carbons (Fsp3) is 0.400. The van der Waals surface area contributed by atoms with Gasteiger partial charge in [0.15, 0.2) is 0 Å². The zero-order valence-corrected chi connectivity index (χ0v) is 15.8. The van der Waals surface area contributed by atoms with Gasteiger partial charge in [-0.3, -0.25) is 19.1 Å². The molecule has 0 radical (unpaired) electrons. The molecule has 146 valence electrons. The molecule has 1 fully saturated rings. The van der Waals surface area contributed by atoms with Crippen LogP contribution in [0.25, 0.3) is 10.9 Å². The standard InChI is InChI=1S/C20H23N5O3/c1-2-17-21-9-11-23(17)12-14-6-5-10-24(14)18(26)13-25-16-8-4-3-7-15(16)19(27)22-20(25)28/h3-4,7-9,11,14H,2,5-6,10,12-13H2,1H3,(H,22,27,28)/t14-/m1/s1. The Balaban J connectivity index is 1.59. The number of aryl methyl sites for hydroxylation is 1. The predicted molar refractivity (Wildman–Crippen MR) is 105 cm³/mol. The molecule has 3 heterocycles. The van der Waals surface area contributed by atoms with E-state index in [2.05, 4.69) is 21.5 Å². The van der Waals surface area contributed by atoms with Gasteiger partial charge in [-0.05, 0) is 25.0 Å². The fourth-order valence-electron chi connectivity index (χ4n) is 4.03. The number of imidazole rings is 1. The number of para-hydroxylation sites is 1. The molecule has 0 bridgehead atoms. The van der Waals surface area contributed by atoms with Crippen molar-refractivity contribution in [1.29, 1.82) is 0 Å². The maximum absolute atomic E-state index is 13.0. The highest BCUT2D eigenvalue weighted by molar-refractivity contribution is 5.81. The minimum absolute atomic E-state index is 0.0803. The maximum atomic E-state index is 13.0. The molecule has 1 aromatic carbocycles. The zero-order valence-electron chi connectivity index (χ0n) is 15.8. The Morgan fingerprint density at radius 1 is 1.29 bits per heavy atom. The van der Waals surface area contributed by atoms with Gasteiger partial charge in [-0.1, -0.05) is 19.1 Å². The molecule has 0 spiro atoms. The van der Waals surface area contributed by atoms with Crippen molar-refractivity contribution in [3.8, 4) is 0 Å². The number of rotatable bonds is 5. The second kappa shape index (κ2) is 7.46. The summed E-state index contributed by atoms with van der Waals surface area (Å²) in [7, 11) is 0. The highest BCUT2D eigenvalue weighted by Crippen LogP contribution is 2.20. The Morgan fingerprint density at radius 2 is 2.11 bits per heavy atom. The van der Waals surface area contributed by atoms with E-state index in [-0.39, 0.29) is 18.5 Å². The predicted octanol–water partition coefficient (Wildman–Crippen LogP) is 1.14. The second-order valence-electron chi connectivity index (χ2n) is 7.10. The normalized spacial score (nSPS) is 16.8.